The summed E-state index contributed by atoms with van der Waals surface area (Å²) in [6, 6.07) is 4.40. The van der Waals surface area contributed by atoms with Crippen LogP contribution in [0.2, 0.25) is 0 Å². The summed E-state index contributed by atoms with van der Waals surface area (Å²) in [5.74, 6) is -0.229. The van der Waals surface area contributed by atoms with Gasteiger partial charge in [0.2, 0.25) is 0 Å². The Hall–Kier alpha value is -1.85. The van der Waals surface area contributed by atoms with Crippen LogP contribution in [-0.2, 0) is 0 Å². The minimum Gasteiger partial charge on any atom is -0.496 e. The highest BCUT2D eigenvalue weighted by Crippen LogP contribution is 2.37. The van der Waals surface area contributed by atoms with Crippen molar-refractivity contribution in [2.45, 2.75) is 5.16 Å². The van der Waals surface area contributed by atoms with Gasteiger partial charge in [0, 0.05) is 0 Å². The van der Waals surface area contributed by atoms with E-state index in [2.05, 4.69) is 25.9 Å². The molecule has 8 heteroatoms. The highest BCUT2D eigenvalue weighted by atomic mass is 79.9. The molecule has 0 fully saturated rings. The van der Waals surface area contributed by atoms with Crippen LogP contribution in [0, 0.1) is 17.1 Å². The normalized spacial score (nSPS) is 10.2. The van der Waals surface area contributed by atoms with Gasteiger partial charge in [-0.3, -0.25) is 4.79 Å². The first-order chi connectivity index (χ1) is 10.0. The molecule has 0 unspecified atom stereocenters. The molecule has 0 saturated carbocycles. The molecule has 0 aliphatic heterocycles. The maximum Gasteiger partial charge on any atom is 0.270 e. The van der Waals surface area contributed by atoms with Crippen LogP contribution < -0.4 is 10.3 Å². The molecule has 0 aliphatic rings. The van der Waals surface area contributed by atoms with Crippen LogP contribution in [0.5, 0.6) is 5.75 Å². The SMILES string of the molecule is COc1ccc(F)c(-c2nc(SC)[nH]c(=O)c2C#N)c1Br. The maximum absolute atomic E-state index is 14.2. The minimum atomic E-state index is -0.610. The number of methoxy groups -OCH3 is 1. The predicted octanol–water partition coefficient (Wildman–Crippen LogP) is 2.94. The van der Waals surface area contributed by atoms with E-state index in [0.717, 1.165) is 0 Å². The smallest absolute Gasteiger partial charge is 0.270 e. The third kappa shape index (κ3) is 2.80. The largest absolute Gasteiger partial charge is 0.496 e. The van der Waals surface area contributed by atoms with Gasteiger partial charge in [-0.25, -0.2) is 9.37 Å². The first-order valence-electron chi connectivity index (χ1n) is 5.64. The summed E-state index contributed by atoms with van der Waals surface area (Å²) in [6.07, 6.45) is 1.71. The molecule has 0 atom stereocenters. The average Bonchev–Trinajstić information content (AvgIpc) is 2.47. The van der Waals surface area contributed by atoms with E-state index < -0.39 is 11.4 Å². The van der Waals surface area contributed by atoms with Crippen molar-refractivity contribution in [1.29, 1.82) is 5.26 Å². The summed E-state index contributed by atoms with van der Waals surface area (Å²) in [7, 11) is 1.44. The number of aromatic amines is 1. The lowest BCUT2D eigenvalue weighted by Crippen LogP contribution is -2.15. The molecule has 108 valence electrons. The number of benzene rings is 1. The van der Waals surface area contributed by atoms with Crippen molar-refractivity contribution in [2.24, 2.45) is 0 Å². The Morgan fingerprint density at radius 1 is 1.52 bits per heavy atom. The summed E-state index contributed by atoms with van der Waals surface area (Å²) in [5, 5.41) is 9.44. The molecule has 0 amide bonds. The lowest BCUT2D eigenvalue weighted by Gasteiger charge is -2.11. The van der Waals surface area contributed by atoms with E-state index in [1.807, 2.05) is 0 Å². The van der Waals surface area contributed by atoms with Crippen LogP contribution in [0.25, 0.3) is 11.3 Å². The number of hydrogen-bond donors (Lipinski definition) is 1. The number of nitriles is 1. The van der Waals surface area contributed by atoms with Gasteiger partial charge < -0.3 is 9.72 Å². The third-order valence-electron chi connectivity index (χ3n) is 2.72. The Bertz CT molecular complexity index is 801. The van der Waals surface area contributed by atoms with Gasteiger partial charge in [0.15, 0.2) is 5.16 Å². The van der Waals surface area contributed by atoms with Gasteiger partial charge in [0.25, 0.3) is 5.56 Å². The zero-order valence-electron chi connectivity index (χ0n) is 11.0. The van der Waals surface area contributed by atoms with Gasteiger partial charge in [-0.05, 0) is 34.3 Å². The number of hydrogen-bond acceptors (Lipinski definition) is 5. The number of nitrogens with one attached hydrogen (secondary N) is 1. The summed E-state index contributed by atoms with van der Waals surface area (Å²) >= 11 is 4.42. The van der Waals surface area contributed by atoms with Gasteiger partial charge in [-0.1, -0.05) is 11.8 Å². The van der Waals surface area contributed by atoms with Gasteiger partial charge in [0.1, 0.15) is 28.9 Å². The molecule has 1 heterocycles. The standard InChI is InChI=1S/C13H9BrFN3O2S/c1-20-8-4-3-7(15)9(10(8)14)11-6(5-16)12(19)18-13(17-11)21-2/h3-4H,1-2H3,(H,17,18,19). The number of aromatic nitrogens is 2. The number of nitrogens with zero attached hydrogens (tertiary/aromatic N) is 2. The zero-order valence-corrected chi connectivity index (χ0v) is 13.4. The Labute approximate surface area is 132 Å². The van der Waals surface area contributed by atoms with Crippen molar-refractivity contribution in [1.82, 2.24) is 9.97 Å². The fraction of sp³-hybridized carbons (Fsp3) is 0.154. The first-order valence-corrected chi connectivity index (χ1v) is 7.66. The Balaban J connectivity index is 2.88. The molecule has 0 radical (unpaired) electrons. The number of halogens is 2. The van der Waals surface area contributed by atoms with Crippen molar-refractivity contribution in [2.75, 3.05) is 13.4 Å². The second-order valence-electron chi connectivity index (χ2n) is 3.85. The summed E-state index contributed by atoms with van der Waals surface area (Å²) in [6.45, 7) is 0. The predicted molar refractivity (Wildman–Crippen MR) is 81.0 cm³/mol. The monoisotopic (exact) mass is 369 g/mol. The molecule has 0 spiro atoms. The zero-order chi connectivity index (χ0) is 15.6. The highest BCUT2D eigenvalue weighted by molar-refractivity contribution is 9.10. The van der Waals surface area contributed by atoms with E-state index in [9.17, 15) is 9.18 Å². The first kappa shape index (κ1) is 15.5. The van der Waals surface area contributed by atoms with Gasteiger partial charge >= 0.3 is 0 Å². The van der Waals surface area contributed by atoms with Crippen molar-refractivity contribution < 1.29 is 9.13 Å². The number of H-pyrrole nitrogens is 1. The van der Waals surface area contributed by atoms with Crippen LogP contribution in [-0.4, -0.2) is 23.3 Å². The fourth-order valence-electron chi connectivity index (χ4n) is 1.74. The van der Waals surface area contributed by atoms with Crippen molar-refractivity contribution >= 4 is 27.7 Å². The quantitative estimate of drug-likeness (QED) is 0.664. The molecule has 2 rings (SSSR count). The molecule has 1 aromatic heterocycles. The average molecular weight is 370 g/mol. The summed E-state index contributed by atoms with van der Waals surface area (Å²) in [4.78, 5) is 18.5. The van der Waals surface area contributed by atoms with Crippen molar-refractivity contribution in [3.8, 4) is 23.1 Å². The molecule has 0 bridgehead atoms. The Morgan fingerprint density at radius 3 is 2.81 bits per heavy atom. The number of ether oxygens (including phenoxy) is 1. The molecule has 5 nitrogen and oxygen atoms in total. The van der Waals surface area contributed by atoms with E-state index in [1.165, 1.54) is 31.0 Å². The highest BCUT2D eigenvalue weighted by Gasteiger charge is 2.21. The van der Waals surface area contributed by atoms with Crippen molar-refractivity contribution in [3.05, 3.63) is 38.3 Å². The maximum atomic E-state index is 14.2. The van der Waals surface area contributed by atoms with E-state index >= 15 is 0 Å². The number of rotatable bonds is 3. The van der Waals surface area contributed by atoms with Gasteiger partial charge in [0.05, 0.1) is 17.1 Å². The number of thioether (sulfide) groups is 1. The van der Waals surface area contributed by atoms with Gasteiger partial charge in [-0.15, -0.1) is 0 Å². The summed E-state index contributed by atoms with van der Waals surface area (Å²) < 4.78 is 19.6. The Kier molecular flexibility index (Phi) is 4.65. The molecule has 2 aromatic rings. The van der Waals surface area contributed by atoms with Crippen LogP contribution in [0.4, 0.5) is 4.39 Å². The minimum absolute atomic E-state index is 0.0196. The van der Waals surface area contributed by atoms with Crippen LogP contribution in [0.1, 0.15) is 5.56 Å². The van der Waals surface area contributed by atoms with E-state index in [0.29, 0.717) is 15.4 Å². The van der Waals surface area contributed by atoms with Crippen LogP contribution >= 0.6 is 27.7 Å². The fourth-order valence-corrected chi connectivity index (χ4v) is 2.79. The molecular weight excluding hydrogens is 361 g/mol. The second kappa shape index (κ2) is 6.28. The lowest BCUT2D eigenvalue weighted by atomic mass is 10.1. The molecular formula is C13H9BrFN3O2S. The second-order valence-corrected chi connectivity index (χ2v) is 5.44. The van der Waals surface area contributed by atoms with Crippen molar-refractivity contribution in [3.63, 3.8) is 0 Å². The van der Waals surface area contributed by atoms with Crippen LogP contribution in [0.15, 0.2) is 26.6 Å². The molecule has 1 aromatic carbocycles. The molecule has 0 saturated heterocycles. The van der Waals surface area contributed by atoms with E-state index in [-0.39, 0.29) is 16.8 Å². The third-order valence-corrected chi connectivity index (χ3v) is 4.08. The van der Waals surface area contributed by atoms with Gasteiger partial charge in [-0.2, -0.15) is 5.26 Å². The molecule has 21 heavy (non-hydrogen) atoms. The molecule has 0 aliphatic carbocycles. The Morgan fingerprint density at radius 2 is 2.24 bits per heavy atom. The topological polar surface area (TPSA) is 78.8 Å². The summed E-state index contributed by atoms with van der Waals surface area (Å²) in [5.41, 5.74) is -0.859. The van der Waals surface area contributed by atoms with Crippen LogP contribution in [0.3, 0.4) is 0 Å². The lowest BCUT2D eigenvalue weighted by molar-refractivity contribution is 0.411. The van der Waals surface area contributed by atoms with E-state index in [1.54, 1.807) is 12.3 Å². The van der Waals surface area contributed by atoms with E-state index in [4.69, 9.17) is 10.00 Å². The molecule has 1 N–H and O–H groups in total.